The molecule has 3 rings (SSSR count). The van der Waals surface area contributed by atoms with Crippen molar-refractivity contribution >= 4 is 32.7 Å². The van der Waals surface area contributed by atoms with E-state index in [1.54, 1.807) is 7.11 Å². The molecular formula is C20H28N2O4S2. The molecule has 8 heteroatoms. The summed E-state index contributed by atoms with van der Waals surface area (Å²) in [6, 6.07) is 7.76. The zero-order valence-corrected chi connectivity index (χ0v) is 18.3. The Hall–Kier alpha value is -1.54. The fourth-order valence-electron chi connectivity index (χ4n) is 3.76. The molecule has 1 amide bonds. The molecule has 0 unspecified atom stereocenters. The second-order valence-corrected chi connectivity index (χ2v) is 10.7. The number of nitrogens with zero attached hydrogens (tertiary/aromatic N) is 2. The van der Waals surface area contributed by atoms with Gasteiger partial charge in [-0.2, -0.15) is 4.99 Å². The summed E-state index contributed by atoms with van der Waals surface area (Å²) in [5.74, 6) is 0.955. The van der Waals surface area contributed by atoms with Crippen LogP contribution in [-0.2, 0) is 21.1 Å². The van der Waals surface area contributed by atoms with Crippen molar-refractivity contribution in [3.63, 3.8) is 0 Å². The number of sulfone groups is 1. The third-order valence-electron chi connectivity index (χ3n) is 5.52. The van der Waals surface area contributed by atoms with Crippen molar-refractivity contribution in [3.05, 3.63) is 29.8 Å². The molecule has 2 aliphatic heterocycles. The van der Waals surface area contributed by atoms with E-state index >= 15 is 0 Å². The molecule has 2 aliphatic rings. The maximum Gasteiger partial charge on any atom is 0.251 e. The highest BCUT2D eigenvalue weighted by atomic mass is 32.2. The number of ether oxygens (including phenoxy) is 1. The normalized spacial score (nSPS) is 24.7. The molecule has 2 atom stereocenters. The fraction of sp³-hybridized carbons (Fsp3) is 0.600. The van der Waals surface area contributed by atoms with Gasteiger partial charge in [0.05, 0.1) is 24.7 Å². The lowest BCUT2D eigenvalue weighted by Crippen LogP contribution is -2.39. The third-order valence-corrected chi connectivity index (χ3v) is 8.76. The van der Waals surface area contributed by atoms with E-state index in [9.17, 15) is 13.2 Å². The summed E-state index contributed by atoms with van der Waals surface area (Å²) >= 11 is 1.46. The number of fused-ring (bicyclic) bond motifs is 1. The van der Waals surface area contributed by atoms with Gasteiger partial charge in [-0.05, 0) is 37.0 Å². The largest absolute Gasteiger partial charge is 0.497 e. The topological polar surface area (TPSA) is 76.0 Å². The number of rotatable bonds is 7. The van der Waals surface area contributed by atoms with E-state index in [0.717, 1.165) is 30.6 Å². The highest BCUT2D eigenvalue weighted by molar-refractivity contribution is 8.15. The molecule has 28 heavy (non-hydrogen) atoms. The number of amidine groups is 1. The van der Waals surface area contributed by atoms with E-state index in [4.69, 9.17) is 4.74 Å². The Bertz CT molecular complexity index is 832. The van der Waals surface area contributed by atoms with Crippen molar-refractivity contribution in [1.82, 2.24) is 4.90 Å². The lowest BCUT2D eigenvalue weighted by molar-refractivity contribution is -0.121. The number of thioether (sulfide) groups is 1. The number of hydrogen-bond acceptors (Lipinski definition) is 5. The first-order valence-electron chi connectivity index (χ1n) is 9.76. The predicted molar refractivity (Wildman–Crippen MR) is 114 cm³/mol. The van der Waals surface area contributed by atoms with Gasteiger partial charge in [-0.25, -0.2) is 8.42 Å². The van der Waals surface area contributed by atoms with Crippen LogP contribution in [0.25, 0.3) is 0 Å². The molecule has 0 radical (unpaired) electrons. The van der Waals surface area contributed by atoms with Crippen molar-refractivity contribution in [2.75, 3.05) is 25.2 Å². The van der Waals surface area contributed by atoms with Crippen LogP contribution in [-0.4, -0.2) is 60.8 Å². The number of hydrogen-bond donors (Lipinski definition) is 0. The smallest absolute Gasteiger partial charge is 0.251 e. The van der Waals surface area contributed by atoms with Crippen molar-refractivity contribution in [2.24, 2.45) is 10.9 Å². The van der Waals surface area contributed by atoms with Gasteiger partial charge in [-0.15, -0.1) is 0 Å². The molecule has 1 aromatic carbocycles. The number of methoxy groups -OCH3 is 1. The molecular weight excluding hydrogens is 396 g/mol. The average molecular weight is 425 g/mol. The van der Waals surface area contributed by atoms with Gasteiger partial charge in [0.15, 0.2) is 15.0 Å². The SMILES string of the molecule is CCC(CC)C(=O)N=C1S[C@@H]2CS(=O)(=O)C[C@H]2N1CCc1ccc(OC)cc1. The quantitative estimate of drug-likeness (QED) is 0.670. The van der Waals surface area contributed by atoms with Gasteiger partial charge in [0, 0.05) is 17.7 Å². The molecule has 0 aliphatic carbocycles. The summed E-state index contributed by atoms with van der Waals surface area (Å²) in [5.41, 5.74) is 1.14. The zero-order chi connectivity index (χ0) is 20.3. The van der Waals surface area contributed by atoms with Crippen LogP contribution in [0.5, 0.6) is 5.75 Å². The monoisotopic (exact) mass is 424 g/mol. The van der Waals surface area contributed by atoms with Gasteiger partial charge in [0.2, 0.25) is 0 Å². The maximum absolute atomic E-state index is 12.5. The molecule has 0 aromatic heterocycles. The van der Waals surface area contributed by atoms with Gasteiger partial charge < -0.3 is 9.64 Å². The van der Waals surface area contributed by atoms with E-state index in [2.05, 4.69) is 4.99 Å². The first kappa shape index (κ1) is 21.2. The molecule has 154 valence electrons. The highest BCUT2D eigenvalue weighted by Crippen LogP contribution is 2.38. The summed E-state index contributed by atoms with van der Waals surface area (Å²) in [5, 5.41) is 0.657. The van der Waals surface area contributed by atoms with Crippen LogP contribution in [0.2, 0.25) is 0 Å². The second kappa shape index (κ2) is 8.86. The van der Waals surface area contributed by atoms with Gasteiger partial charge in [0.1, 0.15) is 5.75 Å². The van der Waals surface area contributed by atoms with E-state index in [1.807, 2.05) is 43.0 Å². The first-order chi connectivity index (χ1) is 13.4. The summed E-state index contributed by atoms with van der Waals surface area (Å²) in [6.07, 6.45) is 2.29. The summed E-state index contributed by atoms with van der Waals surface area (Å²) in [4.78, 5) is 19.0. The lowest BCUT2D eigenvalue weighted by Gasteiger charge is -2.24. The number of benzene rings is 1. The number of aliphatic imine (C=N–C) groups is 1. The fourth-order valence-corrected chi connectivity index (χ4v) is 7.75. The molecule has 0 bridgehead atoms. The minimum absolute atomic E-state index is 0.0332. The molecule has 2 fully saturated rings. The standard InChI is InChI=1S/C20H28N2O4S2/c1-4-15(5-2)19(23)21-20-22(17-12-28(24,25)13-18(17)27-20)11-10-14-6-8-16(26-3)9-7-14/h6-9,15,17-18H,4-5,10-13H2,1-3H3/t17-,18-/m1/s1. The van der Waals surface area contributed by atoms with Crippen molar-refractivity contribution in [1.29, 1.82) is 0 Å². The van der Waals surface area contributed by atoms with E-state index in [1.165, 1.54) is 11.8 Å². The van der Waals surface area contributed by atoms with E-state index < -0.39 is 9.84 Å². The minimum atomic E-state index is -3.03. The summed E-state index contributed by atoms with van der Waals surface area (Å²) < 4.78 is 29.4. The van der Waals surface area contributed by atoms with Gasteiger partial charge in [-0.1, -0.05) is 37.7 Å². The van der Waals surface area contributed by atoms with Crippen LogP contribution >= 0.6 is 11.8 Å². The molecule has 0 saturated carbocycles. The van der Waals surface area contributed by atoms with Crippen LogP contribution in [0.1, 0.15) is 32.3 Å². The van der Waals surface area contributed by atoms with Crippen LogP contribution in [0.15, 0.2) is 29.3 Å². The van der Waals surface area contributed by atoms with Crippen LogP contribution < -0.4 is 4.74 Å². The van der Waals surface area contributed by atoms with Crippen molar-refractivity contribution in [3.8, 4) is 5.75 Å². The highest BCUT2D eigenvalue weighted by Gasteiger charge is 2.48. The Labute approximate surface area is 171 Å². The summed E-state index contributed by atoms with van der Waals surface area (Å²) in [6.45, 7) is 4.64. The molecule has 2 heterocycles. The van der Waals surface area contributed by atoms with E-state index in [0.29, 0.717) is 11.7 Å². The van der Waals surface area contributed by atoms with Gasteiger partial charge in [-0.3, -0.25) is 4.79 Å². The number of amides is 1. The molecule has 0 N–H and O–H groups in total. The molecule has 6 nitrogen and oxygen atoms in total. The Morgan fingerprint density at radius 2 is 1.93 bits per heavy atom. The van der Waals surface area contributed by atoms with Crippen molar-refractivity contribution < 1.29 is 17.9 Å². The average Bonchev–Trinajstić information content (AvgIpc) is 3.12. The van der Waals surface area contributed by atoms with Crippen LogP contribution in [0, 0.1) is 5.92 Å². The minimum Gasteiger partial charge on any atom is -0.497 e. The maximum atomic E-state index is 12.5. The van der Waals surface area contributed by atoms with Crippen LogP contribution in [0.3, 0.4) is 0 Å². The number of carbonyl (C=O) groups is 1. The molecule has 2 saturated heterocycles. The second-order valence-electron chi connectivity index (χ2n) is 7.34. The van der Waals surface area contributed by atoms with E-state index in [-0.39, 0.29) is 34.6 Å². The zero-order valence-electron chi connectivity index (χ0n) is 16.6. The Morgan fingerprint density at radius 3 is 2.54 bits per heavy atom. The lowest BCUT2D eigenvalue weighted by atomic mass is 10.0. The Balaban J connectivity index is 1.78. The molecule has 0 spiro atoms. The predicted octanol–water partition coefficient (Wildman–Crippen LogP) is 2.77. The third kappa shape index (κ3) is 4.71. The Kier molecular flexibility index (Phi) is 6.70. The summed E-state index contributed by atoms with van der Waals surface area (Å²) in [7, 11) is -1.39. The van der Waals surface area contributed by atoms with Gasteiger partial charge >= 0.3 is 0 Å². The number of carbonyl (C=O) groups excluding carboxylic acids is 1. The molecule has 1 aromatic rings. The van der Waals surface area contributed by atoms with Crippen molar-refractivity contribution in [2.45, 2.75) is 44.4 Å². The van der Waals surface area contributed by atoms with Crippen LogP contribution in [0.4, 0.5) is 0 Å². The Morgan fingerprint density at radius 1 is 1.25 bits per heavy atom. The van der Waals surface area contributed by atoms with Gasteiger partial charge in [0.25, 0.3) is 5.91 Å². The first-order valence-corrected chi connectivity index (χ1v) is 12.5.